The fraction of sp³-hybridized carbons (Fsp3) is 0.711. The zero-order valence-electron chi connectivity index (χ0n) is 32.8. The van der Waals surface area contributed by atoms with Crippen LogP contribution in [0.25, 0.3) is 0 Å². The molecule has 14 heteroatoms. The quantitative estimate of drug-likeness (QED) is 0.145. The first kappa shape index (κ1) is 44.6. The lowest BCUT2D eigenvalue weighted by atomic mass is 9.90. The van der Waals surface area contributed by atoms with Gasteiger partial charge in [0.15, 0.2) is 0 Å². The number of methoxy groups -OCH3 is 2. The predicted octanol–water partition coefficient (Wildman–Crippen LogP) is 1.75. The minimum atomic E-state index is -1.14. The maximum atomic E-state index is 14.1. The number of likely N-dealkylation sites (N-methyl/N-ethyl adjacent to an activating group) is 2. The Morgan fingerprint density at radius 3 is 2.08 bits per heavy atom. The number of hydrogen-bond donors (Lipinski definition) is 4. The number of carbonyl (C=O) groups excluding carboxylic acids is 4. The minimum absolute atomic E-state index is 0.00351. The van der Waals surface area contributed by atoms with E-state index < -0.39 is 60.2 Å². The number of likely N-dealkylation sites (tertiary alicyclic amines) is 1. The van der Waals surface area contributed by atoms with Crippen molar-refractivity contribution in [3.8, 4) is 0 Å². The van der Waals surface area contributed by atoms with E-state index in [4.69, 9.17) is 15.2 Å². The lowest BCUT2D eigenvalue weighted by Gasteiger charge is -2.40. The van der Waals surface area contributed by atoms with Crippen LogP contribution in [0.3, 0.4) is 0 Å². The van der Waals surface area contributed by atoms with Crippen molar-refractivity contribution in [3.63, 3.8) is 0 Å². The molecule has 2 rings (SSSR count). The molecular weight excluding hydrogens is 668 g/mol. The first-order valence-electron chi connectivity index (χ1n) is 18.4. The van der Waals surface area contributed by atoms with Crippen molar-refractivity contribution in [2.24, 2.45) is 23.5 Å². The first-order valence-corrected chi connectivity index (χ1v) is 18.4. The summed E-state index contributed by atoms with van der Waals surface area (Å²) >= 11 is 0. The lowest BCUT2D eigenvalue weighted by Crippen LogP contribution is -2.60. The first-order chi connectivity index (χ1) is 24.5. The second-order valence-corrected chi connectivity index (χ2v) is 14.6. The van der Waals surface area contributed by atoms with E-state index in [0.717, 1.165) is 5.56 Å². The van der Waals surface area contributed by atoms with Gasteiger partial charge in [-0.2, -0.15) is 0 Å². The van der Waals surface area contributed by atoms with Crippen LogP contribution in [0.5, 0.6) is 0 Å². The second kappa shape index (κ2) is 21.2. The molecule has 1 aliphatic heterocycles. The predicted molar refractivity (Wildman–Crippen MR) is 199 cm³/mol. The van der Waals surface area contributed by atoms with Gasteiger partial charge in [-0.3, -0.25) is 24.1 Å². The molecule has 1 fully saturated rings. The Morgan fingerprint density at radius 2 is 1.58 bits per heavy atom. The normalized spacial score (nSPS) is 19.2. The molecule has 0 radical (unpaired) electrons. The molecule has 1 aromatic rings. The molecule has 52 heavy (non-hydrogen) atoms. The number of carboxylic acids is 1. The Morgan fingerprint density at radius 1 is 0.962 bits per heavy atom. The van der Waals surface area contributed by atoms with E-state index in [0.29, 0.717) is 25.8 Å². The van der Waals surface area contributed by atoms with E-state index in [2.05, 4.69) is 10.6 Å². The monoisotopic (exact) mass is 732 g/mol. The van der Waals surface area contributed by atoms with E-state index in [1.807, 2.05) is 64.9 Å². The highest BCUT2D eigenvalue weighted by molar-refractivity contribution is 5.90. The Balaban J connectivity index is 2.24. The van der Waals surface area contributed by atoms with Gasteiger partial charge in [-0.15, -0.1) is 0 Å². The van der Waals surface area contributed by atoms with Gasteiger partial charge in [0.2, 0.25) is 23.6 Å². The highest BCUT2D eigenvalue weighted by Crippen LogP contribution is 2.29. The summed E-state index contributed by atoms with van der Waals surface area (Å²) in [7, 11) is 8.27. The van der Waals surface area contributed by atoms with Gasteiger partial charge in [0.05, 0.1) is 42.7 Å². The molecule has 5 N–H and O–H groups in total. The maximum absolute atomic E-state index is 14.1. The fourth-order valence-corrected chi connectivity index (χ4v) is 7.52. The van der Waals surface area contributed by atoms with Crippen molar-refractivity contribution in [2.75, 3.05) is 48.5 Å². The third-order valence-corrected chi connectivity index (χ3v) is 10.5. The van der Waals surface area contributed by atoms with E-state index in [1.54, 1.807) is 35.9 Å². The van der Waals surface area contributed by atoms with Gasteiger partial charge in [0.1, 0.15) is 12.1 Å². The van der Waals surface area contributed by atoms with Crippen LogP contribution in [0, 0.1) is 17.8 Å². The van der Waals surface area contributed by atoms with Crippen molar-refractivity contribution in [1.82, 2.24) is 25.3 Å². The highest BCUT2D eigenvalue weighted by Gasteiger charge is 2.43. The molecule has 294 valence electrons. The van der Waals surface area contributed by atoms with Crippen LogP contribution in [-0.4, -0.2) is 140 Å². The van der Waals surface area contributed by atoms with Gasteiger partial charge >= 0.3 is 5.97 Å². The summed E-state index contributed by atoms with van der Waals surface area (Å²) in [4.78, 5) is 71.8. The van der Waals surface area contributed by atoms with Crippen LogP contribution >= 0.6 is 0 Å². The largest absolute Gasteiger partial charge is 0.480 e. The van der Waals surface area contributed by atoms with Crippen LogP contribution < -0.4 is 16.4 Å². The molecule has 0 aromatic heterocycles. The number of benzene rings is 1. The molecule has 1 aliphatic rings. The average molecular weight is 733 g/mol. The van der Waals surface area contributed by atoms with E-state index in [1.165, 1.54) is 14.2 Å². The summed E-state index contributed by atoms with van der Waals surface area (Å²) in [5.74, 6) is -3.33. The van der Waals surface area contributed by atoms with Gasteiger partial charge in [-0.1, -0.05) is 71.4 Å². The number of carbonyl (C=O) groups is 5. The molecule has 1 saturated heterocycles. The third-order valence-electron chi connectivity index (χ3n) is 10.5. The van der Waals surface area contributed by atoms with Crippen molar-refractivity contribution in [1.29, 1.82) is 0 Å². The van der Waals surface area contributed by atoms with E-state index in [-0.39, 0.29) is 48.9 Å². The Bertz CT molecular complexity index is 1310. The summed E-state index contributed by atoms with van der Waals surface area (Å²) in [6.07, 6.45) is 0.694. The Kier molecular flexibility index (Phi) is 18.2. The SMILES string of the molecule is CCC(C)C(C(CC(=O)N1CCC[C@H]1C(OC)C(C)C(=O)NC(Cc1ccccc1)C(=O)O)OC)N(C)C(=O)C(CN)NC(=O)C(C(C)C)N(C)C. The van der Waals surface area contributed by atoms with Crippen LogP contribution in [0.2, 0.25) is 0 Å². The van der Waals surface area contributed by atoms with Crippen molar-refractivity contribution < 1.29 is 38.6 Å². The van der Waals surface area contributed by atoms with Crippen LogP contribution in [-0.2, 0) is 39.9 Å². The molecule has 8 unspecified atom stereocenters. The summed E-state index contributed by atoms with van der Waals surface area (Å²) in [6.45, 7) is 9.89. The number of nitrogens with two attached hydrogens (primary N) is 1. The zero-order valence-corrected chi connectivity index (χ0v) is 32.8. The maximum Gasteiger partial charge on any atom is 0.326 e. The number of aliphatic carboxylic acids is 1. The molecule has 0 spiro atoms. The van der Waals surface area contributed by atoms with Gasteiger partial charge in [-0.05, 0) is 44.3 Å². The molecule has 14 nitrogen and oxygen atoms in total. The minimum Gasteiger partial charge on any atom is -0.480 e. The number of rotatable bonds is 21. The molecule has 4 amide bonds. The average Bonchev–Trinajstić information content (AvgIpc) is 3.59. The van der Waals surface area contributed by atoms with Crippen LogP contribution in [0.4, 0.5) is 0 Å². The van der Waals surface area contributed by atoms with Gasteiger partial charge in [-0.25, -0.2) is 4.79 Å². The third kappa shape index (κ3) is 11.7. The zero-order chi connectivity index (χ0) is 39.3. The van der Waals surface area contributed by atoms with Crippen molar-refractivity contribution in [2.45, 2.75) is 109 Å². The van der Waals surface area contributed by atoms with E-state index in [9.17, 15) is 29.1 Å². The molecule has 9 atom stereocenters. The summed E-state index contributed by atoms with van der Waals surface area (Å²) in [5, 5.41) is 15.4. The molecule has 0 aliphatic carbocycles. The molecule has 1 heterocycles. The van der Waals surface area contributed by atoms with Crippen LogP contribution in [0.15, 0.2) is 30.3 Å². The lowest BCUT2D eigenvalue weighted by molar-refractivity contribution is -0.147. The van der Waals surface area contributed by atoms with Crippen molar-refractivity contribution >= 4 is 29.6 Å². The Hall–Kier alpha value is -3.59. The number of hydrogen-bond acceptors (Lipinski definition) is 9. The van der Waals surface area contributed by atoms with Gasteiger partial charge in [0.25, 0.3) is 0 Å². The highest BCUT2D eigenvalue weighted by atomic mass is 16.5. The topological polar surface area (TPSA) is 184 Å². The number of nitrogens with one attached hydrogen (secondary N) is 2. The number of ether oxygens (including phenoxy) is 2. The molecule has 1 aromatic carbocycles. The Labute approximate surface area is 310 Å². The number of nitrogens with zero attached hydrogens (tertiary/aromatic N) is 3. The second-order valence-electron chi connectivity index (χ2n) is 14.6. The summed E-state index contributed by atoms with van der Waals surface area (Å²) in [5.41, 5.74) is 6.81. The van der Waals surface area contributed by atoms with Gasteiger partial charge < -0.3 is 40.7 Å². The summed E-state index contributed by atoms with van der Waals surface area (Å²) in [6, 6.07) is 5.57. The van der Waals surface area contributed by atoms with Crippen LogP contribution in [0.1, 0.15) is 65.9 Å². The number of amides is 4. The van der Waals surface area contributed by atoms with E-state index >= 15 is 0 Å². The summed E-state index contributed by atoms with van der Waals surface area (Å²) < 4.78 is 11.8. The molecular formula is C38H64N6O8. The number of carboxylic acid groups (broad SMARTS) is 1. The standard InChI is InChI=1S/C38H64N6O8/c1-11-24(4)33(43(8)37(48)28(22-39)41-36(47)32(23(2)3)42(6)7)30(51-9)21-31(45)44-19-15-18-29(44)34(52-10)25(5)35(46)40-27(38(49)50)20-26-16-13-12-14-17-26/h12-14,16-17,23-25,27-30,32-34H,11,15,18-22,39H2,1-10H3,(H,40,46)(H,41,47)(H,49,50)/t24?,25?,27?,28?,29-,30?,32?,33?,34?/m0/s1. The molecule has 0 saturated carbocycles. The van der Waals surface area contributed by atoms with Gasteiger partial charge in [0, 0.05) is 40.8 Å². The van der Waals surface area contributed by atoms with Crippen molar-refractivity contribution in [3.05, 3.63) is 35.9 Å². The molecule has 0 bridgehead atoms. The smallest absolute Gasteiger partial charge is 0.326 e. The fourth-order valence-electron chi connectivity index (χ4n) is 7.52.